The van der Waals surface area contributed by atoms with E-state index in [9.17, 15) is 5.11 Å². The summed E-state index contributed by atoms with van der Waals surface area (Å²) in [4.78, 5) is 7.96. The van der Waals surface area contributed by atoms with Gasteiger partial charge in [0.1, 0.15) is 5.01 Å². The van der Waals surface area contributed by atoms with Crippen molar-refractivity contribution in [1.82, 2.24) is 9.88 Å². The lowest BCUT2D eigenvalue weighted by Gasteiger charge is -2.27. The molecule has 0 amide bonds. The standard InChI is InChI=1S/C14H20N2OS2/c1-4-16(10-14(2,3)17)8-12-7-15-13(19-12)11-5-6-18-9-11/h5-7,9,17H,4,8,10H2,1-3H3. The number of thiophene rings is 1. The molecule has 19 heavy (non-hydrogen) atoms. The molecule has 0 saturated carbocycles. The molecule has 0 unspecified atom stereocenters. The van der Waals surface area contributed by atoms with Crippen molar-refractivity contribution in [3.63, 3.8) is 0 Å². The molecule has 0 atom stereocenters. The first-order chi connectivity index (χ1) is 8.98. The highest BCUT2D eigenvalue weighted by Gasteiger charge is 2.18. The van der Waals surface area contributed by atoms with Gasteiger partial charge in [-0.1, -0.05) is 6.92 Å². The molecule has 0 aliphatic rings. The number of likely N-dealkylation sites (N-methyl/N-ethyl adjacent to an activating group) is 1. The third kappa shape index (κ3) is 4.38. The summed E-state index contributed by atoms with van der Waals surface area (Å²) in [5.41, 5.74) is 0.545. The topological polar surface area (TPSA) is 36.4 Å². The Balaban J connectivity index is 2.03. The van der Waals surface area contributed by atoms with Gasteiger partial charge in [0.15, 0.2) is 0 Å². The van der Waals surface area contributed by atoms with Crippen LogP contribution in [0, 0.1) is 0 Å². The highest BCUT2D eigenvalue weighted by atomic mass is 32.1. The number of thiazole rings is 1. The zero-order valence-electron chi connectivity index (χ0n) is 11.6. The van der Waals surface area contributed by atoms with Crippen molar-refractivity contribution < 1.29 is 5.11 Å². The van der Waals surface area contributed by atoms with Crippen LogP contribution in [0.25, 0.3) is 10.6 Å². The zero-order valence-corrected chi connectivity index (χ0v) is 13.2. The quantitative estimate of drug-likeness (QED) is 0.887. The van der Waals surface area contributed by atoms with E-state index < -0.39 is 5.60 Å². The monoisotopic (exact) mass is 296 g/mol. The smallest absolute Gasteiger partial charge is 0.124 e. The van der Waals surface area contributed by atoms with E-state index in [1.165, 1.54) is 10.4 Å². The summed E-state index contributed by atoms with van der Waals surface area (Å²) in [5.74, 6) is 0. The van der Waals surface area contributed by atoms with Crippen LogP contribution in [0.3, 0.4) is 0 Å². The molecular weight excluding hydrogens is 276 g/mol. The van der Waals surface area contributed by atoms with E-state index in [2.05, 4.69) is 33.6 Å². The van der Waals surface area contributed by atoms with Crippen LogP contribution in [-0.2, 0) is 6.54 Å². The first kappa shape index (κ1) is 14.7. The lowest BCUT2D eigenvalue weighted by Crippen LogP contribution is -2.37. The maximum atomic E-state index is 9.90. The molecule has 0 aliphatic heterocycles. The molecule has 5 heteroatoms. The minimum atomic E-state index is -0.656. The van der Waals surface area contributed by atoms with Gasteiger partial charge in [-0.25, -0.2) is 4.98 Å². The van der Waals surface area contributed by atoms with E-state index in [-0.39, 0.29) is 0 Å². The van der Waals surface area contributed by atoms with E-state index in [4.69, 9.17) is 0 Å². The fraction of sp³-hybridized carbons (Fsp3) is 0.500. The van der Waals surface area contributed by atoms with Crippen molar-refractivity contribution in [3.8, 4) is 10.6 Å². The van der Waals surface area contributed by atoms with Gasteiger partial charge in [0.05, 0.1) is 5.60 Å². The third-order valence-electron chi connectivity index (χ3n) is 2.76. The molecule has 0 aromatic carbocycles. The molecule has 0 saturated heterocycles. The lowest BCUT2D eigenvalue weighted by atomic mass is 10.1. The second kappa shape index (κ2) is 6.13. The van der Waals surface area contributed by atoms with E-state index >= 15 is 0 Å². The van der Waals surface area contributed by atoms with Crippen LogP contribution in [0.1, 0.15) is 25.6 Å². The van der Waals surface area contributed by atoms with E-state index in [1.54, 1.807) is 22.7 Å². The number of hydrogen-bond donors (Lipinski definition) is 1. The van der Waals surface area contributed by atoms with Gasteiger partial charge in [0, 0.05) is 35.1 Å². The number of aromatic nitrogens is 1. The zero-order chi connectivity index (χ0) is 13.9. The molecule has 2 rings (SSSR count). The van der Waals surface area contributed by atoms with Crippen molar-refractivity contribution in [2.45, 2.75) is 32.9 Å². The molecule has 0 aliphatic carbocycles. The maximum absolute atomic E-state index is 9.90. The summed E-state index contributed by atoms with van der Waals surface area (Å²) < 4.78 is 0. The molecule has 1 N–H and O–H groups in total. The summed E-state index contributed by atoms with van der Waals surface area (Å²) in [6.45, 7) is 8.26. The number of rotatable bonds is 6. The second-order valence-electron chi connectivity index (χ2n) is 5.26. The molecule has 0 fully saturated rings. The SMILES string of the molecule is CCN(Cc1cnc(-c2ccsc2)s1)CC(C)(C)O. The predicted octanol–water partition coefficient (Wildman–Crippen LogP) is 3.46. The molecule has 0 bridgehead atoms. The lowest BCUT2D eigenvalue weighted by molar-refractivity contribution is 0.0356. The highest BCUT2D eigenvalue weighted by molar-refractivity contribution is 7.15. The number of nitrogens with zero attached hydrogens (tertiary/aromatic N) is 2. The normalized spacial score (nSPS) is 12.3. The third-order valence-corrected chi connectivity index (χ3v) is 4.47. The van der Waals surface area contributed by atoms with Crippen LogP contribution >= 0.6 is 22.7 Å². The summed E-state index contributed by atoms with van der Waals surface area (Å²) in [7, 11) is 0. The van der Waals surface area contributed by atoms with Crippen LogP contribution < -0.4 is 0 Å². The van der Waals surface area contributed by atoms with Gasteiger partial charge in [-0.15, -0.1) is 11.3 Å². The summed E-state index contributed by atoms with van der Waals surface area (Å²) in [6.07, 6.45) is 1.95. The molecule has 2 aromatic heterocycles. The molecule has 3 nitrogen and oxygen atoms in total. The van der Waals surface area contributed by atoms with Gasteiger partial charge in [0.2, 0.25) is 0 Å². The number of aliphatic hydroxyl groups is 1. The predicted molar refractivity (Wildman–Crippen MR) is 82.7 cm³/mol. The van der Waals surface area contributed by atoms with Gasteiger partial charge < -0.3 is 5.11 Å². The van der Waals surface area contributed by atoms with Crippen LogP contribution in [0.15, 0.2) is 23.0 Å². The average Bonchev–Trinajstić information content (AvgIpc) is 2.95. The highest BCUT2D eigenvalue weighted by Crippen LogP contribution is 2.27. The Morgan fingerprint density at radius 3 is 2.79 bits per heavy atom. The minimum Gasteiger partial charge on any atom is -0.389 e. The van der Waals surface area contributed by atoms with Gasteiger partial charge in [-0.3, -0.25) is 4.90 Å². The van der Waals surface area contributed by atoms with Crippen LogP contribution in [0.4, 0.5) is 0 Å². The molecule has 2 heterocycles. The van der Waals surface area contributed by atoms with E-state index in [0.717, 1.165) is 18.1 Å². The van der Waals surface area contributed by atoms with E-state index in [0.29, 0.717) is 6.54 Å². The van der Waals surface area contributed by atoms with Crippen molar-refractivity contribution in [2.75, 3.05) is 13.1 Å². The van der Waals surface area contributed by atoms with Gasteiger partial charge in [-0.05, 0) is 31.8 Å². The van der Waals surface area contributed by atoms with Gasteiger partial charge in [0.25, 0.3) is 0 Å². The Labute approximate surface area is 122 Å². The Morgan fingerprint density at radius 2 is 2.21 bits per heavy atom. The minimum absolute atomic E-state index is 0.656. The first-order valence-corrected chi connectivity index (χ1v) is 8.16. The fourth-order valence-electron chi connectivity index (χ4n) is 1.95. The summed E-state index contributed by atoms with van der Waals surface area (Å²) >= 11 is 3.43. The second-order valence-corrected chi connectivity index (χ2v) is 7.15. The average molecular weight is 296 g/mol. The van der Waals surface area contributed by atoms with Crippen molar-refractivity contribution in [1.29, 1.82) is 0 Å². The van der Waals surface area contributed by atoms with Crippen LogP contribution in [0.2, 0.25) is 0 Å². The fourth-order valence-corrected chi connectivity index (χ4v) is 3.61. The Hall–Kier alpha value is -0.750. The molecule has 104 valence electrons. The Morgan fingerprint density at radius 1 is 1.42 bits per heavy atom. The first-order valence-electron chi connectivity index (χ1n) is 6.40. The number of hydrogen-bond acceptors (Lipinski definition) is 5. The Kier molecular flexibility index (Phi) is 4.73. The largest absolute Gasteiger partial charge is 0.389 e. The summed E-state index contributed by atoms with van der Waals surface area (Å²) in [6, 6.07) is 2.10. The molecule has 0 spiro atoms. The van der Waals surface area contributed by atoms with E-state index in [1.807, 2.05) is 20.0 Å². The van der Waals surface area contributed by atoms with Gasteiger partial charge >= 0.3 is 0 Å². The van der Waals surface area contributed by atoms with Crippen LogP contribution in [0.5, 0.6) is 0 Å². The summed E-state index contributed by atoms with van der Waals surface area (Å²) in [5, 5.41) is 15.2. The van der Waals surface area contributed by atoms with Crippen molar-refractivity contribution >= 4 is 22.7 Å². The van der Waals surface area contributed by atoms with Crippen molar-refractivity contribution in [3.05, 3.63) is 27.9 Å². The molecule has 0 radical (unpaired) electrons. The molecule has 2 aromatic rings. The Bertz CT molecular complexity index is 500. The van der Waals surface area contributed by atoms with Crippen molar-refractivity contribution in [2.24, 2.45) is 0 Å². The van der Waals surface area contributed by atoms with Gasteiger partial charge in [-0.2, -0.15) is 11.3 Å². The molecular formula is C14H20N2OS2. The maximum Gasteiger partial charge on any atom is 0.124 e. The van der Waals surface area contributed by atoms with Crippen LogP contribution in [-0.4, -0.2) is 33.7 Å².